The molecular weight excluding hydrogens is 172 g/mol. The zero-order chi connectivity index (χ0) is 10.2. The molecule has 1 aromatic rings. The van der Waals surface area contributed by atoms with Crippen LogP contribution in [0.2, 0.25) is 0 Å². The van der Waals surface area contributed by atoms with Gasteiger partial charge in [-0.3, -0.25) is 0 Å². The molecule has 0 spiro atoms. The minimum Gasteiger partial charge on any atom is -0.396 e. The van der Waals surface area contributed by atoms with Crippen LogP contribution in [0.25, 0.3) is 6.08 Å². The first-order valence-electron chi connectivity index (χ1n) is 5.15. The SMILES string of the molecule is CC(CO)CCC=Cc1ccccc1. The van der Waals surface area contributed by atoms with Crippen LogP contribution in [-0.2, 0) is 0 Å². The van der Waals surface area contributed by atoms with E-state index in [1.165, 1.54) is 5.56 Å². The van der Waals surface area contributed by atoms with Crippen molar-refractivity contribution in [2.45, 2.75) is 19.8 Å². The van der Waals surface area contributed by atoms with Crippen molar-refractivity contribution >= 4 is 6.08 Å². The average molecular weight is 190 g/mol. The molecule has 1 nitrogen and oxygen atoms in total. The lowest BCUT2D eigenvalue weighted by Gasteiger charge is -2.03. The minimum absolute atomic E-state index is 0.291. The smallest absolute Gasteiger partial charge is 0.0456 e. The van der Waals surface area contributed by atoms with Crippen LogP contribution in [0.1, 0.15) is 25.3 Å². The summed E-state index contributed by atoms with van der Waals surface area (Å²) in [6.07, 6.45) is 6.39. The highest BCUT2D eigenvalue weighted by atomic mass is 16.3. The fourth-order valence-corrected chi connectivity index (χ4v) is 1.26. The number of aliphatic hydroxyl groups excluding tert-OH is 1. The Morgan fingerprint density at radius 3 is 2.64 bits per heavy atom. The lowest BCUT2D eigenvalue weighted by Crippen LogP contribution is -1.98. The summed E-state index contributed by atoms with van der Waals surface area (Å²) in [5.41, 5.74) is 1.24. The van der Waals surface area contributed by atoms with E-state index in [2.05, 4.69) is 31.2 Å². The van der Waals surface area contributed by atoms with Crippen molar-refractivity contribution in [1.29, 1.82) is 0 Å². The van der Waals surface area contributed by atoms with E-state index in [1.807, 2.05) is 18.2 Å². The van der Waals surface area contributed by atoms with Crippen LogP contribution in [0.4, 0.5) is 0 Å². The molecule has 0 saturated carbocycles. The van der Waals surface area contributed by atoms with Gasteiger partial charge in [0.25, 0.3) is 0 Å². The molecule has 0 amide bonds. The standard InChI is InChI=1S/C13H18O/c1-12(11-14)7-5-6-10-13-8-3-2-4-9-13/h2-4,6,8-10,12,14H,5,7,11H2,1H3. The summed E-state index contributed by atoms with van der Waals surface area (Å²) in [6.45, 7) is 2.36. The van der Waals surface area contributed by atoms with Gasteiger partial charge in [0.15, 0.2) is 0 Å². The van der Waals surface area contributed by atoms with Gasteiger partial charge in [-0.25, -0.2) is 0 Å². The topological polar surface area (TPSA) is 20.2 Å². The Morgan fingerprint density at radius 1 is 1.29 bits per heavy atom. The highest BCUT2D eigenvalue weighted by molar-refractivity contribution is 5.48. The molecule has 0 radical (unpaired) electrons. The molecule has 0 aliphatic heterocycles. The summed E-state index contributed by atoms with van der Waals surface area (Å²) >= 11 is 0. The normalized spacial score (nSPS) is 13.3. The Hall–Kier alpha value is -1.08. The van der Waals surface area contributed by atoms with Crippen LogP contribution in [0.5, 0.6) is 0 Å². The molecule has 1 heteroatoms. The molecule has 0 heterocycles. The summed E-state index contributed by atoms with van der Waals surface area (Å²) in [5, 5.41) is 8.83. The van der Waals surface area contributed by atoms with Gasteiger partial charge in [0.1, 0.15) is 0 Å². The quantitative estimate of drug-likeness (QED) is 0.756. The third-order valence-electron chi connectivity index (χ3n) is 2.25. The molecule has 0 aliphatic rings. The first-order chi connectivity index (χ1) is 6.83. The maximum absolute atomic E-state index is 8.83. The van der Waals surface area contributed by atoms with Crippen LogP contribution in [0, 0.1) is 5.92 Å². The Balaban J connectivity index is 2.28. The number of allylic oxidation sites excluding steroid dienone is 1. The molecule has 14 heavy (non-hydrogen) atoms. The molecule has 1 rings (SSSR count). The highest BCUT2D eigenvalue weighted by Gasteiger charge is 1.96. The van der Waals surface area contributed by atoms with E-state index in [-0.39, 0.29) is 0 Å². The van der Waals surface area contributed by atoms with Crippen molar-refractivity contribution in [3.05, 3.63) is 42.0 Å². The van der Waals surface area contributed by atoms with Gasteiger partial charge in [-0.05, 0) is 24.3 Å². The van der Waals surface area contributed by atoms with E-state index in [1.54, 1.807) is 0 Å². The third kappa shape index (κ3) is 4.24. The lowest BCUT2D eigenvalue weighted by atomic mass is 10.1. The van der Waals surface area contributed by atoms with Crippen molar-refractivity contribution in [2.75, 3.05) is 6.61 Å². The number of hydrogen-bond donors (Lipinski definition) is 1. The first kappa shape index (κ1) is 11.0. The van der Waals surface area contributed by atoms with Gasteiger partial charge in [-0.2, -0.15) is 0 Å². The van der Waals surface area contributed by atoms with Gasteiger partial charge in [0, 0.05) is 6.61 Å². The summed E-state index contributed by atoms with van der Waals surface area (Å²) in [5.74, 6) is 0.412. The Kier molecular flexibility index (Phi) is 5.02. The van der Waals surface area contributed by atoms with Crippen LogP contribution in [0.15, 0.2) is 36.4 Å². The predicted molar refractivity (Wildman–Crippen MR) is 61.0 cm³/mol. The molecule has 0 bridgehead atoms. The molecule has 1 aromatic carbocycles. The average Bonchev–Trinajstić information content (AvgIpc) is 2.25. The Bertz CT molecular complexity index is 264. The van der Waals surface area contributed by atoms with E-state index in [0.29, 0.717) is 12.5 Å². The maximum atomic E-state index is 8.83. The van der Waals surface area contributed by atoms with Crippen molar-refractivity contribution < 1.29 is 5.11 Å². The second kappa shape index (κ2) is 6.39. The van der Waals surface area contributed by atoms with Gasteiger partial charge in [0.05, 0.1) is 0 Å². The fourth-order valence-electron chi connectivity index (χ4n) is 1.26. The van der Waals surface area contributed by atoms with Crippen LogP contribution >= 0.6 is 0 Å². The molecule has 76 valence electrons. The Morgan fingerprint density at radius 2 is 2.00 bits per heavy atom. The van der Waals surface area contributed by atoms with Crippen LogP contribution in [0.3, 0.4) is 0 Å². The molecule has 0 aliphatic carbocycles. The third-order valence-corrected chi connectivity index (χ3v) is 2.25. The molecule has 0 fully saturated rings. The number of benzene rings is 1. The lowest BCUT2D eigenvalue weighted by molar-refractivity contribution is 0.231. The highest BCUT2D eigenvalue weighted by Crippen LogP contribution is 2.07. The monoisotopic (exact) mass is 190 g/mol. The summed E-state index contributed by atoms with van der Waals surface area (Å²) in [7, 11) is 0. The van der Waals surface area contributed by atoms with Crippen molar-refractivity contribution in [1.82, 2.24) is 0 Å². The van der Waals surface area contributed by atoms with Gasteiger partial charge >= 0.3 is 0 Å². The van der Waals surface area contributed by atoms with E-state index < -0.39 is 0 Å². The summed E-state index contributed by atoms with van der Waals surface area (Å²) in [6, 6.07) is 10.3. The van der Waals surface area contributed by atoms with E-state index in [0.717, 1.165) is 12.8 Å². The van der Waals surface area contributed by atoms with Crippen molar-refractivity contribution in [3.63, 3.8) is 0 Å². The predicted octanol–water partition coefficient (Wildman–Crippen LogP) is 3.11. The zero-order valence-corrected chi connectivity index (χ0v) is 8.69. The number of rotatable bonds is 5. The van der Waals surface area contributed by atoms with Gasteiger partial charge < -0.3 is 5.11 Å². The summed E-state index contributed by atoms with van der Waals surface area (Å²) < 4.78 is 0. The van der Waals surface area contributed by atoms with Gasteiger partial charge in [-0.1, -0.05) is 49.4 Å². The molecule has 1 N–H and O–H groups in total. The van der Waals surface area contributed by atoms with Crippen molar-refractivity contribution in [3.8, 4) is 0 Å². The maximum Gasteiger partial charge on any atom is 0.0456 e. The van der Waals surface area contributed by atoms with E-state index >= 15 is 0 Å². The van der Waals surface area contributed by atoms with E-state index in [9.17, 15) is 0 Å². The molecular formula is C13H18O. The fraction of sp³-hybridized carbons (Fsp3) is 0.385. The second-order valence-electron chi connectivity index (χ2n) is 3.68. The minimum atomic E-state index is 0.291. The second-order valence-corrected chi connectivity index (χ2v) is 3.68. The van der Waals surface area contributed by atoms with Crippen LogP contribution in [-0.4, -0.2) is 11.7 Å². The molecule has 1 atom stereocenters. The molecule has 0 aromatic heterocycles. The molecule has 0 saturated heterocycles. The van der Waals surface area contributed by atoms with Gasteiger partial charge in [0.2, 0.25) is 0 Å². The Labute approximate surface area is 86.1 Å². The summed E-state index contributed by atoms with van der Waals surface area (Å²) in [4.78, 5) is 0. The van der Waals surface area contributed by atoms with Crippen molar-refractivity contribution in [2.24, 2.45) is 5.92 Å². The molecule has 1 unspecified atom stereocenters. The van der Waals surface area contributed by atoms with Crippen LogP contribution < -0.4 is 0 Å². The van der Waals surface area contributed by atoms with E-state index in [4.69, 9.17) is 5.11 Å². The largest absolute Gasteiger partial charge is 0.396 e. The van der Waals surface area contributed by atoms with Gasteiger partial charge in [-0.15, -0.1) is 0 Å². The zero-order valence-electron chi connectivity index (χ0n) is 8.69. The number of aliphatic hydroxyl groups is 1. The number of hydrogen-bond acceptors (Lipinski definition) is 1. The first-order valence-corrected chi connectivity index (χ1v) is 5.15.